The summed E-state index contributed by atoms with van der Waals surface area (Å²) in [6, 6.07) is 14.6. The Bertz CT molecular complexity index is 1150. The van der Waals surface area contributed by atoms with Crippen LogP contribution in [0.5, 0.6) is 5.75 Å². The van der Waals surface area contributed by atoms with Crippen molar-refractivity contribution in [3.63, 3.8) is 0 Å². The Morgan fingerprint density at radius 3 is 2.68 bits per heavy atom. The first kappa shape index (κ1) is 18.9. The Morgan fingerprint density at radius 2 is 1.93 bits per heavy atom. The molecule has 0 saturated heterocycles. The van der Waals surface area contributed by atoms with Crippen molar-refractivity contribution in [2.75, 3.05) is 0 Å². The van der Waals surface area contributed by atoms with Gasteiger partial charge in [0.2, 0.25) is 0 Å². The average molecular weight is 430 g/mol. The Labute approximate surface area is 174 Å². The maximum Gasteiger partial charge on any atom is 0.267 e. The third-order valence-corrected chi connectivity index (χ3v) is 6.09. The molecule has 0 radical (unpaired) electrons. The molecule has 5 nitrogen and oxygen atoms in total. The normalized spacial score (nSPS) is 10.9. The molecule has 0 amide bonds. The molecule has 4 aromatic rings. The number of hydrogen-bond donors (Lipinski definition) is 0. The number of aryl methyl sites for hydroxylation is 1. The van der Waals surface area contributed by atoms with Gasteiger partial charge in [0.05, 0.1) is 17.1 Å². The van der Waals surface area contributed by atoms with E-state index in [0.29, 0.717) is 18.2 Å². The summed E-state index contributed by atoms with van der Waals surface area (Å²) in [5.74, 6) is 0.734. The minimum atomic E-state index is -0.149. The van der Waals surface area contributed by atoms with Crippen LogP contribution >= 0.6 is 34.3 Å². The van der Waals surface area contributed by atoms with E-state index in [1.807, 2.05) is 36.6 Å². The lowest BCUT2D eigenvalue weighted by molar-refractivity contribution is 0.305. The Hall–Kier alpha value is -2.48. The molecule has 4 rings (SSSR count). The molecular formula is C20H16ClN3O2S2. The predicted octanol–water partition coefficient (Wildman–Crippen LogP) is 5.02. The summed E-state index contributed by atoms with van der Waals surface area (Å²) in [7, 11) is 0. The minimum Gasteiger partial charge on any atom is -0.486 e. The van der Waals surface area contributed by atoms with Gasteiger partial charge in [-0.2, -0.15) is 5.10 Å². The number of aromatic nitrogens is 3. The Balaban J connectivity index is 1.46. The number of thiophene rings is 1. The molecule has 28 heavy (non-hydrogen) atoms. The molecule has 3 aromatic heterocycles. The summed E-state index contributed by atoms with van der Waals surface area (Å²) in [4.78, 5) is 19.0. The van der Waals surface area contributed by atoms with Gasteiger partial charge in [-0.05, 0) is 49.4 Å². The van der Waals surface area contributed by atoms with Crippen LogP contribution in [-0.2, 0) is 13.2 Å². The summed E-state index contributed by atoms with van der Waals surface area (Å²) >= 11 is 9.03. The fourth-order valence-corrected chi connectivity index (χ4v) is 4.24. The SMILES string of the molecule is Cc1ccc(-c2ccc(=O)n(Cc3csc(COc4ccc(Cl)cc4)n3)n2)s1. The van der Waals surface area contributed by atoms with Gasteiger partial charge in [-0.3, -0.25) is 4.79 Å². The fourth-order valence-electron chi connectivity index (χ4n) is 2.58. The third-order valence-electron chi connectivity index (χ3n) is 3.95. The van der Waals surface area contributed by atoms with Gasteiger partial charge in [0, 0.05) is 21.3 Å². The number of rotatable bonds is 6. The minimum absolute atomic E-state index is 0.149. The zero-order valence-corrected chi connectivity index (χ0v) is 17.4. The van der Waals surface area contributed by atoms with Gasteiger partial charge in [0.1, 0.15) is 23.1 Å². The highest BCUT2D eigenvalue weighted by molar-refractivity contribution is 7.15. The van der Waals surface area contributed by atoms with Crippen molar-refractivity contribution in [2.24, 2.45) is 0 Å². The van der Waals surface area contributed by atoms with Gasteiger partial charge in [0.25, 0.3) is 5.56 Å². The summed E-state index contributed by atoms with van der Waals surface area (Å²) in [5, 5.41) is 7.93. The summed E-state index contributed by atoms with van der Waals surface area (Å²) in [5.41, 5.74) is 1.43. The smallest absolute Gasteiger partial charge is 0.267 e. The van der Waals surface area contributed by atoms with E-state index in [1.54, 1.807) is 35.6 Å². The van der Waals surface area contributed by atoms with E-state index in [9.17, 15) is 4.79 Å². The van der Waals surface area contributed by atoms with Crippen LogP contribution < -0.4 is 10.3 Å². The van der Waals surface area contributed by atoms with Crippen molar-refractivity contribution in [1.29, 1.82) is 0 Å². The molecule has 142 valence electrons. The summed E-state index contributed by atoms with van der Waals surface area (Å²) in [6.07, 6.45) is 0. The van der Waals surface area contributed by atoms with Crippen molar-refractivity contribution in [3.8, 4) is 16.3 Å². The molecule has 0 aliphatic carbocycles. The zero-order chi connectivity index (χ0) is 19.5. The van der Waals surface area contributed by atoms with Crippen LogP contribution in [0.3, 0.4) is 0 Å². The van der Waals surface area contributed by atoms with Gasteiger partial charge in [-0.1, -0.05) is 11.6 Å². The van der Waals surface area contributed by atoms with Crippen LogP contribution in [0.2, 0.25) is 5.02 Å². The van der Waals surface area contributed by atoms with Gasteiger partial charge in [0.15, 0.2) is 0 Å². The second kappa shape index (κ2) is 8.26. The first-order valence-electron chi connectivity index (χ1n) is 8.53. The lowest BCUT2D eigenvalue weighted by Gasteiger charge is -2.05. The number of ether oxygens (including phenoxy) is 1. The van der Waals surface area contributed by atoms with Crippen LogP contribution in [-0.4, -0.2) is 14.8 Å². The molecule has 0 N–H and O–H groups in total. The standard InChI is InChI=1S/C20H16ClN3O2S2/c1-13-2-8-18(28-13)17-7-9-20(25)24(23-17)10-15-12-27-19(22-15)11-26-16-5-3-14(21)4-6-16/h2-9,12H,10-11H2,1H3. The molecule has 0 saturated carbocycles. The van der Waals surface area contributed by atoms with Crippen LogP contribution in [0, 0.1) is 6.92 Å². The van der Waals surface area contributed by atoms with Gasteiger partial charge < -0.3 is 4.74 Å². The quantitative estimate of drug-likeness (QED) is 0.432. The molecule has 0 spiro atoms. The van der Waals surface area contributed by atoms with E-state index < -0.39 is 0 Å². The molecule has 1 aromatic carbocycles. The summed E-state index contributed by atoms with van der Waals surface area (Å²) < 4.78 is 7.17. The molecule has 0 unspecified atom stereocenters. The molecule has 3 heterocycles. The monoisotopic (exact) mass is 429 g/mol. The van der Waals surface area contributed by atoms with E-state index in [1.165, 1.54) is 20.9 Å². The first-order valence-corrected chi connectivity index (χ1v) is 10.6. The topological polar surface area (TPSA) is 57.0 Å². The van der Waals surface area contributed by atoms with Crippen molar-refractivity contribution < 1.29 is 4.74 Å². The van der Waals surface area contributed by atoms with Crippen LogP contribution in [0.4, 0.5) is 0 Å². The van der Waals surface area contributed by atoms with Gasteiger partial charge >= 0.3 is 0 Å². The largest absolute Gasteiger partial charge is 0.486 e. The van der Waals surface area contributed by atoms with Crippen molar-refractivity contribution in [2.45, 2.75) is 20.1 Å². The highest BCUT2D eigenvalue weighted by Crippen LogP contribution is 2.25. The zero-order valence-electron chi connectivity index (χ0n) is 15.0. The Morgan fingerprint density at radius 1 is 1.11 bits per heavy atom. The highest BCUT2D eigenvalue weighted by Gasteiger charge is 2.09. The number of hydrogen-bond acceptors (Lipinski definition) is 6. The van der Waals surface area contributed by atoms with E-state index in [2.05, 4.69) is 10.1 Å². The van der Waals surface area contributed by atoms with E-state index >= 15 is 0 Å². The number of halogens is 1. The molecule has 0 aliphatic rings. The lowest BCUT2D eigenvalue weighted by Crippen LogP contribution is -2.22. The van der Waals surface area contributed by atoms with Crippen molar-refractivity contribution in [1.82, 2.24) is 14.8 Å². The summed E-state index contributed by atoms with van der Waals surface area (Å²) in [6.45, 7) is 2.74. The molecule has 8 heteroatoms. The van der Waals surface area contributed by atoms with Crippen molar-refractivity contribution in [3.05, 3.63) is 84.9 Å². The number of benzene rings is 1. The number of nitrogens with zero attached hydrogens (tertiary/aromatic N) is 3. The lowest BCUT2D eigenvalue weighted by atomic mass is 10.3. The van der Waals surface area contributed by atoms with Crippen LogP contribution in [0.25, 0.3) is 10.6 Å². The molecule has 0 fully saturated rings. The Kier molecular flexibility index (Phi) is 5.57. The van der Waals surface area contributed by atoms with Crippen molar-refractivity contribution >= 4 is 34.3 Å². The maximum atomic E-state index is 12.2. The molecule has 0 atom stereocenters. The highest BCUT2D eigenvalue weighted by atomic mass is 35.5. The van der Waals surface area contributed by atoms with E-state index in [0.717, 1.165) is 27.0 Å². The molecular weight excluding hydrogens is 414 g/mol. The predicted molar refractivity (Wildman–Crippen MR) is 114 cm³/mol. The van der Waals surface area contributed by atoms with E-state index in [-0.39, 0.29) is 5.56 Å². The molecule has 0 bridgehead atoms. The first-order chi connectivity index (χ1) is 13.6. The fraction of sp³-hybridized carbons (Fsp3) is 0.150. The number of thiazole rings is 1. The third kappa shape index (κ3) is 4.49. The van der Waals surface area contributed by atoms with E-state index in [4.69, 9.17) is 16.3 Å². The second-order valence-electron chi connectivity index (χ2n) is 6.10. The van der Waals surface area contributed by atoms with Crippen LogP contribution in [0.1, 0.15) is 15.6 Å². The average Bonchev–Trinajstić information content (AvgIpc) is 3.32. The maximum absolute atomic E-state index is 12.2. The molecule has 0 aliphatic heterocycles. The van der Waals surface area contributed by atoms with Gasteiger partial charge in [-0.25, -0.2) is 9.67 Å². The van der Waals surface area contributed by atoms with Crippen LogP contribution in [0.15, 0.2) is 58.7 Å². The van der Waals surface area contributed by atoms with Gasteiger partial charge in [-0.15, -0.1) is 22.7 Å². The second-order valence-corrected chi connectivity index (χ2v) is 8.77.